The summed E-state index contributed by atoms with van der Waals surface area (Å²) in [7, 11) is 0. The number of carbonyl (C=O) groups excluding carboxylic acids is 1. The molecule has 1 unspecified atom stereocenters. The van der Waals surface area contributed by atoms with Gasteiger partial charge in [-0.05, 0) is 31.4 Å². The molecular formula is C16H17ClN4O3. The second-order valence-corrected chi connectivity index (χ2v) is 6.11. The van der Waals surface area contributed by atoms with E-state index >= 15 is 0 Å². The minimum absolute atomic E-state index is 0.0449. The number of carbonyl (C=O) groups is 2. The van der Waals surface area contributed by atoms with Crippen LogP contribution in [0.3, 0.4) is 0 Å². The van der Waals surface area contributed by atoms with Gasteiger partial charge in [-0.2, -0.15) is 0 Å². The molecule has 8 heteroatoms. The number of carboxylic acid groups (broad SMARTS) is 1. The average molecular weight is 349 g/mol. The van der Waals surface area contributed by atoms with Crippen LogP contribution in [0.5, 0.6) is 0 Å². The first-order valence-corrected chi connectivity index (χ1v) is 8.14. The van der Waals surface area contributed by atoms with Crippen LogP contribution >= 0.6 is 11.6 Å². The van der Waals surface area contributed by atoms with Gasteiger partial charge in [-0.15, -0.1) is 5.10 Å². The molecule has 1 amide bonds. The molecule has 7 nitrogen and oxygen atoms in total. The lowest BCUT2D eigenvalue weighted by molar-refractivity contribution is -0.139. The molecule has 126 valence electrons. The van der Waals surface area contributed by atoms with E-state index in [0.29, 0.717) is 16.5 Å². The topological polar surface area (TPSA) is 97.1 Å². The zero-order valence-corrected chi connectivity index (χ0v) is 13.8. The number of para-hydroxylation sites is 1. The number of nitrogens with zero attached hydrogens (tertiary/aromatic N) is 3. The summed E-state index contributed by atoms with van der Waals surface area (Å²) in [5.74, 6) is -0.805. The molecule has 1 atom stereocenters. The van der Waals surface area contributed by atoms with Gasteiger partial charge in [-0.1, -0.05) is 30.7 Å². The van der Waals surface area contributed by atoms with Gasteiger partial charge in [0.2, 0.25) is 5.82 Å². The number of benzene rings is 1. The molecule has 0 radical (unpaired) electrons. The summed E-state index contributed by atoms with van der Waals surface area (Å²) in [4.78, 5) is 27.7. The number of hydrogen-bond donors (Lipinski definition) is 2. The Kier molecular flexibility index (Phi) is 4.53. The van der Waals surface area contributed by atoms with Crippen molar-refractivity contribution in [1.29, 1.82) is 0 Å². The van der Waals surface area contributed by atoms with E-state index in [1.165, 1.54) is 0 Å². The summed E-state index contributed by atoms with van der Waals surface area (Å²) in [6.07, 6.45) is 2.25. The molecule has 2 N–H and O–H groups in total. The van der Waals surface area contributed by atoms with Crippen LogP contribution in [0.25, 0.3) is 5.69 Å². The van der Waals surface area contributed by atoms with Crippen molar-refractivity contribution in [3.05, 3.63) is 40.9 Å². The molecule has 2 aromatic rings. The fourth-order valence-electron chi connectivity index (χ4n) is 2.39. The van der Waals surface area contributed by atoms with Crippen molar-refractivity contribution in [1.82, 2.24) is 20.1 Å². The van der Waals surface area contributed by atoms with E-state index in [9.17, 15) is 9.59 Å². The number of rotatable bonds is 6. The maximum absolute atomic E-state index is 12.3. The lowest BCUT2D eigenvalue weighted by Crippen LogP contribution is -2.40. The second kappa shape index (κ2) is 6.60. The Labute approximate surface area is 143 Å². The highest BCUT2D eigenvalue weighted by molar-refractivity contribution is 6.32. The number of nitrogens with one attached hydrogen (secondary N) is 1. The fraction of sp³-hybridized carbons (Fsp3) is 0.375. The van der Waals surface area contributed by atoms with E-state index in [2.05, 4.69) is 15.4 Å². The van der Waals surface area contributed by atoms with Crippen LogP contribution in [-0.2, 0) is 4.79 Å². The van der Waals surface area contributed by atoms with Crippen LogP contribution in [0.1, 0.15) is 48.5 Å². The Bertz CT molecular complexity index is 785. The normalized spacial score (nSPS) is 15.1. The second-order valence-electron chi connectivity index (χ2n) is 5.70. The SMILES string of the molecule is CCC(NC(=O)c1nc(C2CC2)n(-c2ccccc2Cl)n1)C(=O)O. The Hall–Kier alpha value is -2.41. The van der Waals surface area contributed by atoms with Gasteiger partial charge < -0.3 is 10.4 Å². The van der Waals surface area contributed by atoms with Crippen LogP contribution in [0.4, 0.5) is 0 Å². The molecular weight excluding hydrogens is 332 g/mol. The summed E-state index contributed by atoms with van der Waals surface area (Å²) in [6, 6.07) is 6.22. The van der Waals surface area contributed by atoms with Crippen molar-refractivity contribution < 1.29 is 14.7 Å². The predicted octanol–water partition coefficient (Wildman–Crippen LogP) is 2.39. The standard InChI is InChI=1S/C16H17ClN4O3/c1-2-11(16(23)24)18-15(22)13-19-14(9-7-8-9)21(20-13)12-6-4-3-5-10(12)17/h3-6,9,11H,2,7-8H2,1H3,(H,18,22)(H,23,24). The lowest BCUT2D eigenvalue weighted by atomic mass is 10.2. The number of hydrogen-bond acceptors (Lipinski definition) is 4. The van der Waals surface area contributed by atoms with E-state index < -0.39 is 17.9 Å². The molecule has 3 rings (SSSR count). The number of carboxylic acids is 1. The van der Waals surface area contributed by atoms with Gasteiger partial charge >= 0.3 is 5.97 Å². The Morgan fingerprint density at radius 2 is 2.12 bits per heavy atom. The van der Waals surface area contributed by atoms with E-state index in [1.54, 1.807) is 23.7 Å². The maximum Gasteiger partial charge on any atom is 0.326 e. The molecule has 1 aliphatic rings. The highest BCUT2D eigenvalue weighted by Crippen LogP contribution is 2.40. The molecule has 0 spiro atoms. The van der Waals surface area contributed by atoms with Crippen LogP contribution in [0.2, 0.25) is 5.02 Å². The molecule has 1 fully saturated rings. The third-order valence-electron chi connectivity index (χ3n) is 3.87. The lowest BCUT2D eigenvalue weighted by Gasteiger charge is -2.10. The maximum atomic E-state index is 12.3. The highest BCUT2D eigenvalue weighted by Gasteiger charge is 2.32. The Balaban J connectivity index is 1.93. The van der Waals surface area contributed by atoms with Gasteiger partial charge in [0.05, 0.1) is 10.7 Å². The van der Waals surface area contributed by atoms with Crippen LogP contribution in [0, 0.1) is 0 Å². The number of halogens is 1. The number of aromatic nitrogens is 3. The monoisotopic (exact) mass is 348 g/mol. The number of amides is 1. The first-order valence-electron chi connectivity index (χ1n) is 7.76. The van der Waals surface area contributed by atoms with Gasteiger partial charge in [0.1, 0.15) is 11.9 Å². The first kappa shape index (κ1) is 16.4. The summed E-state index contributed by atoms with van der Waals surface area (Å²) >= 11 is 6.23. The van der Waals surface area contributed by atoms with E-state index in [-0.39, 0.29) is 18.2 Å². The summed E-state index contributed by atoms with van der Waals surface area (Å²) in [5, 5.41) is 16.3. The third-order valence-corrected chi connectivity index (χ3v) is 4.19. The van der Waals surface area contributed by atoms with Gasteiger partial charge in [-0.3, -0.25) is 4.79 Å². The Morgan fingerprint density at radius 3 is 2.71 bits per heavy atom. The van der Waals surface area contributed by atoms with Crippen molar-refractivity contribution in [3.8, 4) is 5.69 Å². The van der Waals surface area contributed by atoms with Crippen molar-refractivity contribution >= 4 is 23.5 Å². The molecule has 1 aromatic carbocycles. The zero-order chi connectivity index (χ0) is 17.3. The molecule has 0 saturated heterocycles. The van der Waals surface area contributed by atoms with Crippen LogP contribution < -0.4 is 5.32 Å². The van der Waals surface area contributed by atoms with Crippen molar-refractivity contribution in [2.75, 3.05) is 0 Å². The third kappa shape index (κ3) is 3.26. The minimum atomic E-state index is -1.08. The van der Waals surface area contributed by atoms with Crippen LogP contribution in [0.15, 0.2) is 24.3 Å². The number of aliphatic carboxylic acids is 1. The predicted molar refractivity (Wildman–Crippen MR) is 87.5 cm³/mol. The van der Waals surface area contributed by atoms with Crippen molar-refractivity contribution in [2.24, 2.45) is 0 Å². The van der Waals surface area contributed by atoms with Gasteiger partial charge in [0.15, 0.2) is 0 Å². The molecule has 24 heavy (non-hydrogen) atoms. The van der Waals surface area contributed by atoms with Gasteiger partial charge in [0, 0.05) is 5.92 Å². The van der Waals surface area contributed by atoms with E-state index in [4.69, 9.17) is 16.7 Å². The summed E-state index contributed by atoms with van der Waals surface area (Å²) in [6.45, 7) is 1.68. The minimum Gasteiger partial charge on any atom is -0.480 e. The van der Waals surface area contributed by atoms with Crippen molar-refractivity contribution in [3.63, 3.8) is 0 Å². The molecule has 1 aliphatic carbocycles. The molecule has 1 aromatic heterocycles. The molecule has 0 aliphatic heterocycles. The smallest absolute Gasteiger partial charge is 0.326 e. The van der Waals surface area contributed by atoms with Gasteiger partial charge in [0.25, 0.3) is 5.91 Å². The summed E-state index contributed by atoms with van der Waals surface area (Å²) in [5.41, 5.74) is 0.651. The van der Waals surface area contributed by atoms with Crippen molar-refractivity contribution in [2.45, 2.75) is 38.1 Å². The molecule has 1 saturated carbocycles. The van der Waals surface area contributed by atoms with Gasteiger partial charge in [-0.25, -0.2) is 14.5 Å². The summed E-state index contributed by atoms with van der Waals surface area (Å²) < 4.78 is 1.58. The molecule has 1 heterocycles. The zero-order valence-electron chi connectivity index (χ0n) is 13.1. The van der Waals surface area contributed by atoms with Crippen LogP contribution in [-0.4, -0.2) is 37.8 Å². The first-order chi connectivity index (χ1) is 11.5. The fourth-order valence-corrected chi connectivity index (χ4v) is 2.60. The largest absolute Gasteiger partial charge is 0.480 e. The molecule has 0 bridgehead atoms. The van der Waals surface area contributed by atoms with E-state index in [0.717, 1.165) is 12.8 Å². The Morgan fingerprint density at radius 1 is 1.42 bits per heavy atom. The highest BCUT2D eigenvalue weighted by atomic mass is 35.5. The average Bonchev–Trinajstić information content (AvgIpc) is 3.31. The quantitative estimate of drug-likeness (QED) is 0.835. The van der Waals surface area contributed by atoms with E-state index in [1.807, 2.05) is 12.1 Å².